The minimum Gasteiger partial charge on any atom is -0.497 e. The molecule has 2 aromatic heterocycles. The largest absolute Gasteiger partial charge is 0.497 e. The predicted molar refractivity (Wildman–Crippen MR) is 90.7 cm³/mol. The van der Waals surface area contributed by atoms with E-state index in [-0.39, 0.29) is 12.3 Å². The number of rotatable bonds is 5. The fraction of sp³-hybridized carbons (Fsp3) is 0.118. The Hall–Kier alpha value is -2.73. The van der Waals surface area contributed by atoms with E-state index < -0.39 is 0 Å². The number of methoxy groups -OCH3 is 1. The number of hydrogen-bond donors (Lipinski definition) is 1. The van der Waals surface area contributed by atoms with Gasteiger partial charge in [-0.1, -0.05) is 18.2 Å². The first-order valence-electron chi connectivity index (χ1n) is 7.04. The number of amides is 1. The van der Waals surface area contributed by atoms with Gasteiger partial charge in [-0.05, 0) is 29.8 Å². The second-order valence-corrected chi connectivity index (χ2v) is 5.69. The fourth-order valence-corrected chi connectivity index (χ4v) is 2.81. The lowest BCUT2D eigenvalue weighted by molar-refractivity contribution is -0.115. The summed E-state index contributed by atoms with van der Waals surface area (Å²) in [5.41, 5.74) is 2.44. The summed E-state index contributed by atoms with van der Waals surface area (Å²) in [7, 11) is 1.61. The third kappa shape index (κ3) is 3.92. The Balaban J connectivity index is 1.65. The van der Waals surface area contributed by atoms with Crippen molar-refractivity contribution in [3.8, 4) is 17.1 Å². The molecule has 2 heterocycles. The Kier molecular flexibility index (Phi) is 4.63. The molecule has 0 radical (unpaired) electrons. The van der Waals surface area contributed by atoms with Crippen LogP contribution in [0.15, 0.2) is 54.0 Å². The molecule has 0 aliphatic heterocycles. The fourth-order valence-electron chi connectivity index (χ4n) is 2.09. The van der Waals surface area contributed by atoms with E-state index in [9.17, 15) is 4.79 Å². The lowest BCUT2D eigenvalue weighted by Crippen LogP contribution is -2.14. The highest BCUT2D eigenvalue weighted by atomic mass is 32.1. The lowest BCUT2D eigenvalue weighted by atomic mass is 10.1. The van der Waals surface area contributed by atoms with Crippen LogP contribution in [0.2, 0.25) is 0 Å². The van der Waals surface area contributed by atoms with Crippen LogP contribution in [0.4, 0.5) is 5.13 Å². The van der Waals surface area contributed by atoms with Gasteiger partial charge < -0.3 is 10.1 Å². The van der Waals surface area contributed by atoms with Crippen molar-refractivity contribution in [2.45, 2.75) is 6.42 Å². The van der Waals surface area contributed by atoms with Crippen LogP contribution in [-0.2, 0) is 11.2 Å². The summed E-state index contributed by atoms with van der Waals surface area (Å²) in [5.74, 6) is 0.627. The Morgan fingerprint density at radius 2 is 2.13 bits per heavy atom. The molecule has 6 heteroatoms. The van der Waals surface area contributed by atoms with Crippen molar-refractivity contribution in [3.63, 3.8) is 0 Å². The van der Waals surface area contributed by atoms with Crippen LogP contribution in [0.3, 0.4) is 0 Å². The first-order valence-corrected chi connectivity index (χ1v) is 7.92. The van der Waals surface area contributed by atoms with E-state index >= 15 is 0 Å². The van der Waals surface area contributed by atoms with Crippen LogP contribution < -0.4 is 10.1 Å². The van der Waals surface area contributed by atoms with E-state index in [4.69, 9.17) is 4.74 Å². The zero-order valence-electron chi connectivity index (χ0n) is 12.5. The number of thiazole rings is 1. The second kappa shape index (κ2) is 7.02. The summed E-state index contributed by atoms with van der Waals surface area (Å²) in [4.78, 5) is 20.8. The summed E-state index contributed by atoms with van der Waals surface area (Å²) >= 11 is 1.38. The number of anilines is 1. The lowest BCUT2D eigenvalue weighted by Gasteiger charge is -2.04. The standard InChI is InChI=1S/C17H15N3O2S/c1-22-13-6-4-5-12(9-13)10-16(21)20-17-19-15(11-23-17)14-7-2-3-8-18-14/h2-9,11H,10H2,1H3,(H,19,20,21). The Morgan fingerprint density at radius 3 is 2.91 bits per heavy atom. The van der Waals surface area contributed by atoms with Crippen molar-refractivity contribution in [1.29, 1.82) is 0 Å². The van der Waals surface area contributed by atoms with Crippen LogP contribution in [0.25, 0.3) is 11.4 Å². The topological polar surface area (TPSA) is 64.1 Å². The molecular formula is C17H15N3O2S. The third-order valence-corrected chi connectivity index (χ3v) is 3.93. The van der Waals surface area contributed by atoms with Gasteiger partial charge >= 0.3 is 0 Å². The normalized spacial score (nSPS) is 10.3. The van der Waals surface area contributed by atoms with Crippen LogP contribution in [0.5, 0.6) is 5.75 Å². The van der Waals surface area contributed by atoms with Crippen molar-refractivity contribution >= 4 is 22.4 Å². The molecule has 0 aliphatic rings. The van der Waals surface area contributed by atoms with Gasteiger partial charge in [-0.15, -0.1) is 11.3 Å². The summed E-state index contributed by atoms with van der Waals surface area (Å²) in [5, 5.41) is 5.26. The molecule has 5 nitrogen and oxygen atoms in total. The highest BCUT2D eigenvalue weighted by Gasteiger charge is 2.09. The maximum absolute atomic E-state index is 12.1. The Morgan fingerprint density at radius 1 is 1.22 bits per heavy atom. The number of aromatic nitrogens is 2. The second-order valence-electron chi connectivity index (χ2n) is 4.83. The summed E-state index contributed by atoms with van der Waals surface area (Å²) in [6.07, 6.45) is 1.99. The molecule has 1 N–H and O–H groups in total. The quantitative estimate of drug-likeness (QED) is 0.781. The van der Waals surface area contributed by atoms with E-state index in [2.05, 4.69) is 15.3 Å². The molecule has 1 aromatic carbocycles. The number of nitrogens with zero attached hydrogens (tertiary/aromatic N) is 2. The van der Waals surface area contributed by atoms with E-state index in [1.165, 1.54) is 11.3 Å². The smallest absolute Gasteiger partial charge is 0.230 e. The van der Waals surface area contributed by atoms with Gasteiger partial charge in [0.05, 0.1) is 19.2 Å². The van der Waals surface area contributed by atoms with Crippen LogP contribution in [0, 0.1) is 0 Å². The SMILES string of the molecule is COc1cccc(CC(=O)Nc2nc(-c3ccccn3)cs2)c1. The van der Waals surface area contributed by atoms with Gasteiger partial charge in [0.2, 0.25) is 5.91 Å². The molecule has 23 heavy (non-hydrogen) atoms. The minimum absolute atomic E-state index is 0.111. The molecule has 0 unspecified atom stereocenters. The summed E-state index contributed by atoms with van der Waals surface area (Å²) in [6.45, 7) is 0. The van der Waals surface area contributed by atoms with Crippen LogP contribution in [0.1, 0.15) is 5.56 Å². The molecule has 3 aromatic rings. The average molecular weight is 325 g/mol. The number of hydrogen-bond acceptors (Lipinski definition) is 5. The molecule has 0 aliphatic carbocycles. The monoisotopic (exact) mass is 325 g/mol. The van der Waals surface area contributed by atoms with E-state index in [1.54, 1.807) is 13.3 Å². The van der Waals surface area contributed by atoms with Crippen molar-refractivity contribution in [2.75, 3.05) is 12.4 Å². The van der Waals surface area contributed by atoms with Gasteiger partial charge in [0, 0.05) is 11.6 Å². The maximum Gasteiger partial charge on any atom is 0.230 e. The first-order chi connectivity index (χ1) is 11.2. The zero-order chi connectivity index (χ0) is 16.1. The van der Waals surface area contributed by atoms with Gasteiger partial charge in [0.1, 0.15) is 11.4 Å². The molecule has 0 spiro atoms. The van der Waals surface area contributed by atoms with Gasteiger partial charge in [0.15, 0.2) is 5.13 Å². The summed E-state index contributed by atoms with van der Waals surface area (Å²) in [6, 6.07) is 13.1. The molecular weight excluding hydrogens is 310 g/mol. The van der Waals surface area contributed by atoms with Crippen molar-refractivity contribution in [1.82, 2.24) is 9.97 Å². The van der Waals surface area contributed by atoms with E-state index in [0.717, 1.165) is 22.7 Å². The number of ether oxygens (including phenoxy) is 1. The molecule has 0 fully saturated rings. The van der Waals surface area contributed by atoms with Crippen molar-refractivity contribution in [2.24, 2.45) is 0 Å². The Bertz CT molecular complexity index is 802. The maximum atomic E-state index is 12.1. The molecule has 0 saturated carbocycles. The van der Waals surface area contributed by atoms with E-state index in [0.29, 0.717) is 5.13 Å². The third-order valence-electron chi connectivity index (χ3n) is 3.18. The van der Waals surface area contributed by atoms with Gasteiger partial charge in [-0.2, -0.15) is 0 Å². The Labute approximate surface area is 138 Å². The first kappa shape index (κ1) is 15.2. The number of carbonyl (C=O) groups excluding carboxylic acids is 1. The zero-order valence-corrected chi connectivity index (χ0v) is 13.3. The van der Waals surface area contributed by atoms with Gasteiger partial charge in [-0.25, -0.2) is 4.98 Å². The average Bonchev–Trinajstić information content (AvgIpc) is 3.04. The number of nitrogens with one attached hydrogen (secondary N) is 1. The predicted octanol–water partition coefficient (Wildman–Crippen LogP) is 3.39. The van der Waals surface area contributed by atoms with Crippen LogP contribution in [-0.4, -0.2) is 23.0 Å². The highest BCUT2D eigenvalue weighted by Crippen LogP contribution is 2.23. The molecule has 0 saturated heterocycles. The van der Waals surface area contributed by atoms with Gasteiger partial charge in [0.25, 0.3) is 0 Å². The van der Waals surface area contributed by atoms with Crippen molar-refractivity contribution in [3.05, 3.63) is 59.6 Å². The molecule has 0 atom stereocenters. The molecule has 116 valence electrons. The molecule has 0 bridgehead atoms. The molecule has 1 amide bonds. The number of pyridine rings is 1. The number of carbonyl (C=O) groups is 1. The van der Waals surface area contributed by atoms with E-state index in [1.807, 2.05) is 47.8 Å². The highest BCUT2D eigenvalue weighted by molar-refractivity contribution is 7.14. The molecule has 3 rings (SSSR count). The van der Waals surface area contributed by atoms with Gasteiger partial charge in [-0.3, -0.25) is 9.78 Å². The van der Waals surface area contributed by atoms with Crippen molar-refractivity contribution < 1.29 is 9.53 Å². The minimum atomic E-state index is -0.111. The van der Waals surface area contributed by atoms with Crippen LogP contribution >= 0.6 is 11.3 Å². The summed E-state index contributed by atoms with van der Waals surface area (Å²) < 4.78 is 5.16. The number of benzene rings is 1.